The summed E-state index contributed by atoms with van der Waals surface area (Å²) in [5.41, 5.74) is 0.909. The Labute approximate surface area is 133 Å². The number of pyridine rings is 1. The van der Waals surface area contributed by atoms with Crippen molar-refractivity contribution in [2.24, 2.45) is 7.05 Å². The zero-order valence-corrected chi connectivity index (χ0v) is 12.3. The Morgan fingerprint density at radius 1 is 0.833 bits per heavy atom. The van der Waals surface area contributed by atoms with Gasteiger partial charge in [-0.15, -0.1) is 0 Å². The molecule has 2 aromatic carbocycles. The molecular formula is C17H9F4N3. The first-order chi connectivity index (χ1) is 11.5. The van der Waals surface area contributed by atoms with Crippen molar-refractivity contribution in [2.75, 3.05) is 0 Å². The van der Waals surface area contributed by atoms with Gasteiger partial charge < -0.3 is 0 Å². The summed E-state index contributed by atoms with van der Waals surface area (Å²) in [7, 11) is 1.59. The van der Waals surface area contributed by atoms with Crippen LogP contribution in [0.15, 0.2) is 36.4 Å². The number of halogens is 4. The highest BCUT2D eigenvalue weighted by molar-refractivity contribution is 5.99. The molecule has 0 fully saturated rings. The summed E-state index contributed by atoms with van der Waals surface area (Å²) in [5, 5.41) is 4.30. The van der Waals surface area contributed by atoms with E-state index in [1.807, 2.05) is 6.07 Å². The SMILES string of the molecule is Cn1nc(-c2ccccc2)c2cc3c(F)c(F)c(F)c(F)c3nc21. The third kappa shape index (κ3) is 1.90. The molecule has 0 amide bonds. The van der Waals surface area contributed by atoms with E-state index in [-0.39, 0.29) is 5.65 Å². The monoisotopic (exact) mass is 331 g/mol. The largest absolute Gasteiger partial charge is 0.250 e. The van der Waals surface area contributed by atoms with Crippen LogP contribution in [0.5, 0.6) is 0 Å². The molecular weight excluding hydrogens is 322 g/mol. The van der Waals surface area contributed by atoms with E-state index in [4.69, 9.17) is 0 Å². The first-order valence-electron chi connectivity index (χ1n) is 7.04. The maximum absolute atomic E-state index is 14.1. The Hall–Kier alpha value is -2.96. The molecule has 0 N–H and O–H groups in total. The van der Waals surface area contributed by atoms with Crippen LogP contribution in [0, 0.1) is 23.3 Å². The molecule has 0 atom stereocenters. The quantitative estimate of drug-likeness (QED) is 0.295. The van der Waals surface area contributed by atoms with E-state index in [9.17, 15) is 17.6 Å². The lowest BCUT2D eigenvalue weighted by Gasteiger charge is -2.05. The highest BCUT2D eigenvalue weighted by Crippen LogP contribution is 2.32. The molecule has 0 bridgehead atoms. The van der Waals surface area contributed by atoms with E-state index in [1.54, 1.807) is 31.3 Å². The molecule has 4 aromatic rings. The second-order valence-corrected chi connectivity index (χ2v) is 5.35. The Bertz CT molecular complexity index is 1100. The van der Waals surface area contributed by atoms with Gasteiger partial charge in [0, 0.05) is 23.4 Å². The summed E-state index contributed by atoms with van der Waals surface area (Å²) in [6, 6.07) is 10.3. The summed E-state index contributed by atoms with van der Waals surface area (Å²) in [4.78, 5) is 3.96. The van der Waals surface area contributed by atoms with Gasteiger partial charge in [0.2, 0.25) is 0 Å². The topological polar surface area (TPSA) is 30.7 Å². The molecule has 3 nitrogen and oxygen atoms in total. The third-order valence-corrected chi connectivity index (χ3v) is 3.88. The lowest BCUT2D eigenvalue weighted by Crippen LogP contribution is -2.01. The normalized spacial score (nSPS) is 11.5. The minimum absolute atomic E-state index is 0.241. The molecule has 2 aromatic heterocycles. The summed E-state index contributed by atoms with van der Waals surface area (Å²) in [6.07, 6.45) is 0. The molecule has 24 heavy (non-hydrogen) atoms. The van der Waals surface area contributed by atoms with Crippen LogP contribution >= 0.6 is 0 Å². The number of hydrogen-bond acceptors (Lipinski definition) is 2. The van der Waals surface area contributed by atoms with Crippen molar-refractivity contribution >= 4 is 21.9 Å². The Morgan fingerprint density at radius 3 is 2.21 bits per heavy atom. The molecule has 0 aliphatic heterocycles. The number of fused-ring (bicyclic) bond motifs is 2. The van der Waals surface area contributed by atoms with Crippen LogP contribution in [0.25, 0.3) is 33.2 Å². The minimum Gasteiger partial charge on any atom is -0.250 e. The molecule has 2 heterocycles. The fourth-order valence-corrected chi connectivity index (χ4v) is 2.73. The van der Waals surface area contributed by atoms with Gasteiger partial charge in [-0.3, -0.25) is 0 Å². The number of aromatic nitrogens is 3. The molecule has 0 saturated heterocycles. The van der Waals surface area contributed by atoms with Gasteiger partial charge >= 0.3 is 0 Å². The number of aryl methyl sites for hydroxylation is 1. The first kappa shape index (κ1) is 14.6. The van der Waals surface area contributed by atoms with E-state index in [0.29, 0.717) is 11.1 Å². The smallest absolute Gasteiger partial charge is 0.199 e. The van der Waals surface area contributed by atoms with Gasteiger partial charge in [-0.1, -0.05) is 30.3 Å². The fourth-order valence-electron chi connectivity index (χ4n) is 2.73. The van der Waals surface area contributed by atoms with Crippen molar-refractivity contribution in [3.63, 3.8) is 0 Å². The van der Waals surface area contributed by atoms with Crippen LogP contribution in [0.2, 0.25) is 0 Å². The average Bonchev–Trinajstić information content (AvgIpc) is 2.94. The van der Waals surface area contributed by atoms with Crippen LogP contribution in [0.3, 0.4) is 0 Å². The molecule has 0 unspecified atom stereocenters. The van der Waals surface area contributed by atoms with Crippen molar-refractivity contribution in [3.05, 3.63) is 59.7 Å². The maximum Gasteiger partial charge on any atom is 0.199 e. The van der Waals surface area contributed by atoms with E-state index >= 15 is 0 Å². The van der Waals surface area contributed by atoms with Gasteiger partial charge in [-0.25, -0.2) is 27.2 Å². The van der Waals surface area contributed by atoms with Crippen molar-refractivity contribution in [3.8, 4) is 11.3 Å². The molecule has 120 valence electrons. The summed E-state index contributed by atoms with van der Waals surface area (Å²) in [6.45, 7) is 0. The van der Waals surface area contributed by atoms with Crippen molar-refractivity contribution in [2.45, 2.75) is 0 Å². The highest BCUT2D eigenvalue weighted by atomic mass is 19.2. The average molecular weight is 331 g/mol. The van der Waals surface area contributed by atoms with Crippen molar-refractivity contribution < 1.29 is 17.6 Å². The number of hydrogen-bond donors (Lipinski definition) is 0. The van der Waals surface area contributed by atoms with E-state index < -0.39 is 34.2 Å². The van der Waals surface area contributed by atoms with Crippen LogP contribution in [0.4, 0.5) is 17.6 Å². The van der Waals surface area contributed by atoms with E-state index in [2.05, 4.69) is 10.1 Å². The standard InChI is InChI=1S/C17H9F4N3/c1-24-17-10(15(23-24)8-5-3-2-4-6-8)7-9-11(18)12(19)13(20)14(21)16(9)22-17/h2-7H,1H3. The lowest BCUT2D eigenvalue weighted by atomic mass is 10.1. The Balaban J connectivity index is 2.16. The van der Waals surface area contributed by atoms with E-state index in [1.165, 1.54) is 10.7 Å². The van der Waals surface area contributed by atoms with Gasteiger partial charge in [-0.2, -0.15) is 5.10 Å². The molecule has 4 rings (SSSR count). The highest BCUT2D eigenvalue weighted by Gasteiger charge is 2.23. The molecule has 0 aliphatic rings. The lowest BCUT2D eigenvalue weighted by molar-refractivity contribution is 0.417. The number of rotatable bonds is 1. The molecule has 0 aliphatic carbocycles. The van der Waals surface area contributed by atoms with Crippen molar-refractivity contribution in [1.29, 1.82) is 0 Å². The second kappa shape index (κ2) is 5.02. The van der Waals surface area contributed by atoms with Gasteiger partial charge in [0.15, 0.2) is 28.9 Å². The Kier molecular flexibility index (Phi) is 3.06. The molecule has 7 heteroatoms. The fraction of sp³-hybridized carbons (Fsp3) is 0.0588. The summed E-state index contributed by atoms with van der Waals surface area (Å²) in [5.74, 6) is -6.72. The first-order valence-corrected chi connectivity index (χ1v) is 7.04. The van der Waals surface area contributed by atoms with Gasteiger partial charge in [0.05, 0.1) is 0 Å². The summed E-state index contributed by atoms with van der Waals surface area (Å²) < 4.78 is 56.3. The zero-order chi connectivity index (χ0) is 17.0. The molecule has 0 spiro atoms. The number of benzene rings is 2. The third-order valence-electron chi connectivity index (χ3n) is 3.88. The van der Waals surface area contributed by atoms with Gasteiger partial charge in [0.25, 0.3) is 0 Å². The van der Waals surface area contributed by atoms with Gasteiger partial charge in [-0.05, 0) is 6.07 Å². The second-order valence-electron chi connectivity index (χ2n) is 5.35. The summed E-state index contributed by atoms with van der Waals surface area (Å²) >= 11 is 0. The van der Waals surface area contributed by atoms with E-state index in [0.717, 1.165) is 5.56 Å². The predicted octanol–water partition coefficient (Wildman–Crippen LogP) is 4.34. The van der Waals surface area contributed by atoms with Crippen LogP contribution < -0.4 is 0 Å². The van der Waals surface area contributed by atoms with Crippen LogP contribution in [-0.4, -0.2) is 14.8 Å². The Morgan fingerprint density at radius 2 is 1.50 bits per heavy atom. The number of nitrogens with zero attached hydrogens (tertiary/aromatic N) is 3. The molecule has 0 radical (unpaired) electrons. The molecule has 0 saturated carbocycles. The maximum atomic E-state index is 14.1. The van der Waals surface area contributed by atoms with Crippen LogP contribution in [0.1, 0.15) is 0 Å². The minimum atomic E-state index is -1.88. The van der Waals surface area contributed by atoms with Crippen LogP contribution in [-0.2, 0) is 7.05 Å². The zero-order valence-electron chi connectivity index (χ0n) is 12.3. The van der Waals surface area contributed by atoms with Crippen molar-refractivity contribution in [1.82, 2.24) is 14.8 Å². The van der Waals surface area contributed by atoms with Gasteiger partial charge in [0.1, 0.15) is 11.2 Å². The predicted molar refractivity (Wildman–Crippen MR) is 81.3 cm³/mol.